The molecule has 22 heavy (non-hydrogen) atoms. The predicted molar refractivity (Wildman–Crippen MR) is 92.9 cm³/mol. The fourth-order valence-corrected chi connectivity index (χ4v) is 2.51. The fourth-order valence-electron chi connectivity index (χ4n) is 2.09. The van der Waals surface area contributed by atoms with Gasteiger partial charge >= 0.3 is 0 Å². The second kappa shape index (κ2) is 6.73. The van der Waals surface area contributed by atoms with Crippen molar-refractivity contribution >= 4 is 35.4 Å². The van der Waals surface area contributed by atoms with Crippen molar-refractivity contribution < 1.29 is 0 Å². The van der Waals surface area contributed by atoms with Gasteiger partial charge in [-0.05, 0) is 34.4 Å². The van der Waals surface area contributed by atoms with Crippen molar-refractivity contribution in [1.82, 2.24) is 9.97 Å². The SMILES string of the molecule is Clc1cc(/C=C/c2ccc(-c3ccccc3)cc2)nc(Cl)n1. The molecule has 1 aromatic heterocycles. The number of rotatable bonds is 3. The summed E-state index contributed by atoms with van der Waals surface area (Å²) in [5.41, 5.74) is 4.14. The van der Waals surface area contributed by atoms with E-state index in [0.29, 0.717) is 10.8 Å². The van der Waals surface area contributed by atoms with Crippen LogP contribution in [0.15, 0.2) is 60.7 Å². The van der Waals surface area contributed by atoms with Gasteiger partial charge in [-0.15, -0.1) is 0 Å². The van der Waals surface area contributed by atoms with Gasteiger partial charge in [0.1, 0.15) is 5.15 Å². The standard InChI is InChI=1S/C18H12Cl2N2/c19-17-12-16(21-18(20)22-17)11-8-13-6-9-15(10-7-13)14-4-2-1-3-5-14/h1-12H/b11-8+. The molecule has 0 saturated carbocycles. The number of hydrogen-bond donors (Lipinski definition) is 0. The van der Waals surface area contributed by atoms with Gasteiger partial charge in [0, 0.05) is 6.07 Å². The average Bonchev–Trinajstić information content (AvgIpc) is 2.53. The van der Waals surface area contributed by atoms with Crippen molar-refractivity contribution in [3.8, 4) is 11.1 Å². The van der Waals surface area contributed by atoms with Crippen molar-refractivity contribution in [3.63, 3.8) is 0 Å². The molecule has 1 heterocycles. The Morgan fingerprint density at radius 2 is 1.41 bits per heavy atom. The normalized spacial score (nSPS) is 11.0. The molecule has 0 atom stereocenters. The Morgan fingerprint density at radius 1 is 0.727 bits per heavy atom. The molecule has 0 bridgehead atoms. The van der Waals surface area contributed by atoms with Gasteiger partial charge in [-0.3, -0.25) is 0 Å². The third-order valence-electron chi connectivity index (χ3n) is 3.15. The highest BCUT2D eigenvalue weighted by Crippen LogP contribution is 2.20. The van der Waals surface area contributed by atoms with Gasteiger partial charge in [-0.2, -0.15) is 0 Å². The molecule has 3 aromatic rings. The highest BCUT2D eigenvalue weighted by molar-refractivity contribution is 6.31. The van der Waals surface area contributed by atoms with Gasteiger partial charge in [-0.1, -0.05) is 72.3 Å². The van der Waals surface area contributed by atoms with Crippen molar-refractivity contribution in [2.45, 2.75) is 0 Å². The molecule has 0 aliphatic rings. The third kappa shape index (κ3) is 3.73. The molecular weight excluding hydrogens is 315 g/mol. The molecule has 108 valence electrons. The molecule has 3 rings (SSSR count). The first-order chi connectivity index (χ1) is 10.7. The molecule has 0 N–H and O–H groups in total. The van der Waals surface area contributed by atoms with E-state index in [0.717, 1.165) is 5.56 Å². The lowest BCUT2D eigenvalue weighted by atomic mass is 10.0. The molecule has 0 fully saturated rings. The van der Waals surface area contributed by atoms with Gasteiger partial charge in [0.25, 0.3) is 0 Å². The highest BCUT2D eigenvalue weighted by atomic mass is 35.5. The van der Waals surface area contributed by atoms with E-state index in [1.165, 1.54) is 11.1 Å². The predicted octanol–water partition coefficient (Wildman–Crippen LogP) is 5.62. The topological polar surface area (TPSA) is 25.8 Å². The Kier molecular flexibility index (Phi) is 4.52. The molecule has 0 aliphatic heterocycles. The van der Waals surface area contributed by atoms with Gasteiger partial charge in [0.05, 0.1) is 5.69 Å². The van der Waals surface area contributed by atoms with Crippen LogP contribution in [0, 0.1) is 0 Å². The lowest BCUT2D eigenvalue weighted by Crippen LogP contribution is -1.86. The molecular formula is C18H12Cl2N2. The summed E-state index contributed by atoms with van der Waals surface area (Å²) >= 11 is 11.6. The smallest absolute Gasteiger partial charge is 0.218 e. The molecule has 0 aliphatic carbocycles. The van der Waals surface area contributed by atoms with E-state index in [4.69, 9.17) is 23.2 Å². The second-order valence-corrected chi connectivity index (χ2v) is 5.43. The first kappa shape index (κ1) is 14.8. The van der Waals surface area contributed by atoms with Gasteiger partial charge in [0.2, 0.25) is 5.28 Å². The minimum Gasteiger partial charge on any atom is -0.218 e. The number of aromatic nitrogens is 2. The van der Waals surface area contributed by atoms with Crippen molar-refractivity contribution in [2.24, 2.45) is 0 Å². The molecule has 0 amide bonds. The van der Waals surface area contributed by atoms with Crippen LogP contribution in [-0.4, -0.2) is 9.97 Å². The second-order valence-electron chi connectivity index (χ2n) is 4.71. The zero-order valence-electron chi connectivity index (χ0n) is 11.6. The van der Waals surface area contributed by atoms with Crippen LogP contribution in [0.25, 0.3) is 23.3 Å². The molecule has 0 spiro atoms. The van der Waals surface area contributed by atoms with Crippen LogP contribution in [0.1, 0.15) is 11.3 Å². The van der Waals surface area contributed by atoms with Crippen LogP contribution in [0.5, 0.6) is 0 Å². The van der Waals surface area contributed by atoms with Crippen molar-refractivity contribution in [1.29, 1.82) is 0 Å². The Balaban J connectivity index is 1.80. The number of benzene rings is 2. The van der Waals surface area contributed by atoms with E-state index in [-0.39, 0.29) is 5.28 Å². The van der Waals surface area contributed by atoms with Crippen LogP contribution in [0.4, 0.5) is 0 Å². The number of halogens is 2. The zero-order chi connectivity index (χ0) is 15.4. The summed E-state index contributed by atoms with van der Waals surface area (Å²) < 4.78 is 0. The van der Waals surface area contributed by atoms with Gasteiger partial charge in [-0.25, -0.2) is 9.97 Å². The molecule has 2 nitrogen and oxygen atoms in total. The van der Waals surface area contributed by atoms with E-state index in [1.807, 2.05) is 30.4 Å². The first-order valence-corrected chi connectivity index (χ1v) is 7.50. The lowest BCUT2D eigenvalue weighted by Gasteiger charge is -2.02. The van der Waals surface area contributed by atoms with Crippen molar-refractivity contribution in [2.75, 3.05) is 0 Å². The number of hydrogen-bond acceptors (Lipinski definition) is 2. The molecule has 4 heteroatoms. The summed E-state index contributed by atoms with van der Waals surface area (Å²) in [4.78, 5) is 7.92. The monoisotopic (exact) mass is 326 g/mol. The zero-order valence-corrected chi connectivity index (χ0v) is 13.1. The maximum atomic E-state index is 5.85. The summed E-state index contributed by atoms with van der Waals surface area (Å²) in [6.07, 6.45) is 3.82. The summed E-state index contributed by atoms with van der Waals surface area (Å²) in [6.45, 7) is 0. The summed E-state index contributed by atoms with van der Waals surface area (Å²) in [5.74, 6) is 0. The molecule has 0 radical (unpaired) electrons. The largest absolute Gasteiger partial charge is 0.224 e. The maximum Gasteiger partial charge on any atom is 0.224 e. The minimum absolute atomic E-state index is 0.145. The van der Waals surface area contributed by atoms with Crippen LogP contribution >= 0.6 is 23.2 Å². The molecule has 0 unspecified atom stereocenters. The molecule has 0 saturated heterocycles. The van der Waals surface area contributed by atoms with Crippen LogP contribution in [0.2, 0.25) is 10.4 Å². The summed E-state index contributed by atoms with van der Waals surface area (Å²) in [6, 6.07) is 20.2. The van der Waals surface area contributed by atoms with Gasteiger partial charge < -0.3 is 0 Å². The summed E-state index contributed by atoms with van der Waals surface area (Å²) in [7, 11) is 0. The van der Waals surface area contributed by atoms with Crippen LogP contribution in [-0.2, 0) is 0 Å². The van der Waals surface area contributed by atoms with Crippen LogP contribution in [0.3, 0.4) is 0 Å². The average molecular weight is 327 g/mol. The van der Waals surface area contributed by atoms with Gasteiger partial charge in [0.15, 0.2) is 0 Å². The minimum atomic E-state index is 0.145. The van der Waals surface area contributed by atoms with Crippen molar-refractivity contribution in [3.05, 3.63) is 82.4 Å². The Hall–Kier alpha value is -2.16. The van der Waals surface area contributed by atoms with E-state index in [9.17, 15) is 0 Å². The third-order valence-corrected chi connectivity index (χ3v) is 3.51. The maximum absolute atomic E-state index is 5.85. The fraction of sp³-hybridized carbons (Fsp3) is 0. The lowest BCUT2D eigenvalue weighted by molar-refractivity contribution is 1.15. The Labute approximate surface area is 139 Å². The first-order valence-electron chi connectivity index (χ1n) is 6.74. The van der Waals surface area contributed by atoms with E-state index >= 15 is 0 Å². The number of nitrogens with zero attached hydrogens (tertiary/aromatic N) is 2. The Morgan fingerprint density at radius 3 is 2.09 bits per heavy atom. The highest BCUT2D eigenvalue weighted by Gasteiger charge is 1.99. The van der Waals surface area contributed by atoms with E-state index in [2.05, 4.69) is 46.4 Å². The molecule has 2 aromatic carbocycles. The summed E-state index contributed by atoms with van der Waals surface area (Å²) in [5, 5.41) is 0.477. The Bertz CT molecular complexity index is 777. The van der Waals surface area contributed by atoms with E-state index < -0.39 is 0 Å². The van der Waals surface area contributed by atoms with Crippen LogP contribution < -0.4 is 0 Å². The quantitative estimate of drug-likeness (QED) is 0.461. The van der Waals surface area contributed by atoms with E-state index in [1.54, 1.807) is 6.07 Å².